The molecule has 122 valence electrons. The lowest BCUT2D eigenvalue weighted by Crippen LogP contribution is -2.15. The largest absolute Gasteiger partial charge is 0.462 e. The molecule has 0 N–H and O–H groups in total. The van der Waals surface area contributed by atoms with Crippen LogP contribution in [-0.2, 0) is 9.47 Å². The molecule has 1 rings (SSSR count). The maximum Gasteiger partial charge on any atom is 0.339 e. The summed E-state index contributed by atoms with van der Waals surface area (Å²) < 4.78 is 10.4. The lowest BCUT2D eigenvalue weighted by molar-refractivity contribution is 0.0452. The third-order valence-electron chi connectivity index (χ3n) is 2.89. The molecule has 1 aromatic rings. The van der Waals surface area contributed by atoms with E-state index in [-0.39, 0.29) is 11.1 Å². The van der Waals surface area contributed by atoms with E-state index in [4.69, 9.17) is 9.47 Å². The minimum Gasteiger partial charge on any atom is -0.462 e. The molecule has 0 aliphatic carbocycles. The van der Waals surface area contributed by atoms with Crippen LogP contribution in [0.1, 0.15) is 46.4 Å². The Morgan fingerprint density at radius 1 is 0.773 bits per heavy atom. The molecular weight excluding hydrogens is 416 g/mol. The lowest BCUT2D eigenvalue weighted by Gasteiger charge is -2.09. The average Bonchev–Trinajstić information content (AvgIpc) is 2.55. The highest BCUT2D eigenvalue weighted by molar-refractivity contribution is 9.09. The van der Waals surface area contributed by atoms with Crippen LogP contribution in [0.3, 0.4) is 0 Å². The van der Waals surface area contributed by atoms with E-state index in [1.165, 1.54) is 0 Å². The number of benzene rings is 1. The van der Waals surface area contributed by atoms with E-state index in [0.717, 1.165) is 36.3 Å². The van der Waals surface area contributed by atoms with E-state index in [9.17, 15) is 9.59 Å². The summed E-state index contributed by atoms with van der Waals surface area (Å²) in [5.74, 6) is -0.967. The van der Waals surface area contributed by atoms with Crippen LogP contribution < -0.4 is 0 Å². The highest BCUT2D eigenvalue weighted by atomic mass is 79.9. The SMILES string of the molecule is O=C(OCCCCBr)c1ccccc1C(=O)OCCCCBr. The molecule has 0 unspecified atom stereocenters. The molecule has 0 amide bonds. The van der Waals surface area contributed by atoms with Crippen LogP contribution in [0.5, 0.6) is 0 Å². The second-order valence-electron chi connectivity index (χ2n) is 4.61. The van der Waals surface area contributed by atoms with Crippen LogP contribution in [-0.4, -0.2) is 35.8 Å². The predicted molar refractivity (Wildman–Crippen MR) is 93.1 cm³/mol. The average molecular weight is 436 g/mol. The molecule has 0 heterocycles. The lowest BCUT2D eigenvalue weighted by atomic mass is 10.1. The van der Waals surface area contributed by atoms with Gasteiger partial charge in [0.05, 0.1) is 24.3 Å². The van der Waals surface area contributed by atoms with Crippen LogP contribution >= 0.6 is 31.9 Å². The Morgan fingerprint density at radius 3 is 1.55 bits per heavy atom. The Bertz CT molecular complexity index is 434. The number of carbonyl (C=O) groups excluding carboxylic acids is 2. The van der Waals surface area contributed by atoms with Crippen molar-refractivity contribution in [3.8, 4) is 0 Å². The summed E-state index contributed by atoms with van der Waals surface area (Å²) in [5, 5.41) is 1.75. The topological polar surface area (TPSA) is 52.6 Å². The van der Waals surface area contributed by atoms with Gasteiger partial charge in [0.2, 0.25) is 0 Å². The molecule has 4 nitrogen and oxygen atoms in total. The van der Waals surface area contributed by atoms with Crippen molar-refractivity contribution in [1.29, 1.82) is 0 Å². The molecule has 22 heavy (non-hydrogen) atoms. The molecule has 0 radical (unpaired) electrons. The van der Waals surface area contributed by atoms with Gasteiger partial charge in [0.25, 0.3) is 0 Å². The Kier molecular flexibility index (Phi) is 10.2. The molecule has 0 spiro atoms. The number of hydrogen-bond donors (Lipinski definition) is 0. The van der Waals surface area contributed by atoms with Gasteiger partial charge in [0.15, 0.2) is 0 Å². The second kappa shape index (κ2) is 11.7. The maximum atomic E-state index is 12.1. The van der Waals surface area contributed by atoms with Crippen LogP contribution in [0.15, 0.2) is 24.3 Å². The number of alkyl halides is 2. The van der Waals surface area contributed by atoms with Gasteiger partial charge in [-0.25, -0.2) is 9.59 Å². The Balaban J connectivity index is 2.60. The zero-order valence-electron chi connectivity index (χ0n) is 12.4. The smallest absolute Gasteiger partial charge is 0.339 e. The Hall–Kier alpha value is -0.880. The van der Waals surface area contributed by atoms with Crippen molar-refractivity contribution in [2.45, 2.75) is 25.7 Å². The molecule has 0 fully saturated rings. The quantitative estimate of drug-likeness (QED) is 0.311. The fraction of sp³-hybridized carbons (Fsp3) is 0.500. The van der Waals surface area contributed by atoms with Gasteiger partial charge in [-0.05, 0) is 37.8 Å². The van der Waals surface area contributed by atoms with Gasteiger partial charge >= 0.3 is 11.9 Å². The van der Waals surface area contributed by atoms with Crippen LogP contribution in [0.4, 0.5) is 0 Å². The van der Waals surface area contributed by atoms with Crippen molar-refractivity contribution in [2.24, 2.45) is 0 Å². The fourth-order valence-electron chi connectivity index (χ4n) is 1.72. The van der Waals surface area contributed by atoms with Crippen molar-refractivity contribution >= 4 is 43.8 Å². The van der Waals surface area contributed by atoms with E-state index < -0.39 is 11.9 Å². The van der Waals surface area contributed by atoms with Gasteiger partial charge in [0, 0.05) is 10.7 Å². The zero-order valence-corrected chi connectivity index (χ0v) is 15.5. The second-order valence-corrected chi connectivity index (χ2v) is 6.20. The molecule has 6 heteroatoms. The Morgan fingerprint density at radius 2 is 1.18 bits per heavy atom. The summed E-state index contributed by atoms with van der Waals surface area (Å²) in [4.78, 5) is 24.1. The maximum absolute atomic E-state index is 12.1. The van der Waals surface area contributed by atoms with Gasteiger partial charge < -0.3 is 9.47 Å². The molecule has 1 aromatic carbocycles. The van der Waals surface area contributed by atoms with Gasteiger partial charge in [-0.2, -0.15) is 0 Å². The van der Waals surface area contributed by atoms with Crippen molar-refractivity contribution < 1.29 is 19.1 Å². The highest BCUT2D eigenvalue weighted by Crippen LogP contribution is 2.13. The molecule has 0 saturated carbocycles. The number of carbonyl (C=O) groups is 2. The van der Waals surface area contributed by atoms with Gasteiger partial charge in [-0.15, -0.1) is 0 Å². The standard InChI is InChI=1S/C16H20Br2O4/c17-9-3-5-11-21-15(19)13-7-1-2-8-14(13)16(20)22-12-6-4-10-18/h1-2,7-8H,3-6,9-12H2. The normalized spacial score (nSPS) is 10.3. The number of esters is 2. The summed E-state index contributed by atoms with van der Waals surface area (Å²) in [7, 11) is 0. The van der Waals surface area contributed by atoms with E-state index in [0.29, 0.717) is 13.2 Å². The summed E-state index contributed by atoms with van der Waals surface area (Å²) in [6.45, 7) is 0.693. The van der Waals surface area contributed by atoms with E-state index in [2.05, 4.69) is 31.9 Å². The van der Waals surface area contributed by atoms with E-state index in [1.807, 2.05) is 0 Å². The molecule has 0 aromatic heterocycles. The molecule has 0 bridgehead atoms. The minimum atomic E-state index is -0.484. The Labute approximate surface area is 147 Å². The molecular formula is C16H20Br2O4. The zero-order chi connectivity index (χ0) is 16.2. The number of rotatable bonds is 10. The molecule has 0 saturated heterocycles. The summed E-state index contributed by atoms with van der Waals surface area (Å²) in [5.41, 5.74) is 0.513. The molecule has 0 atom stereocenters. The van der Waals surface area contributed by atoms with Crippen molar-refractivity contribution in [3.63, 3.8) is 0 Å². The summed E-state index contributed by atoms with van der Waals surface area (Å²) >= 11 is 6.65. The third kappa shape index (κ3) is 6.92. The third-order valence-corrected chi connectivity index (χ3v) is 4.01. The first-order valence-corrected chi connectivity index (χ1v) is 9.50. The minimum absolute atomic E-state index is 0.256. The van der Waals surface area contributed by atoms with E-state index in [1.54, 1.807) is 24.3 Å². The fourth-order valence-corrected chi connectivity index (χ4v) is 2.51. The van der Waals surface area contributed by atoms with Gasteiger partial charge in [-0.1, -0.05) is 44.0 Å². The van der Waals surface area contributed by atoms with Crippen molar-refractivity contribution in [2.75, 3.05) is 23.9 Å². The molecule has 0 aliphatic rings. The van der Waals surface area contributed by atoms with Crippen LogP contribution in [0, 0.1) is 0 Å². The number of halogens is 2. The highest BCUT2D eigenvalue weighted by Gasteiger charge is 2.18. The first-order chi connectivity index (χ1) is 10.7. The summed E-state index contributed by atoms with van der Waals surface area (Å²) in [6, 6.07) is 6.58. The van der Waals surface area contributed by atoms with Crippen LogP contribution in [0.2, 0.25) is 0 Å². The first kappa shape index (κ1) is 19.2. The summed E-state index contributed by atoms with van der Waals surface area (Å²) in [6.07, 6.45) is 3.45. The number of unbranched alkanes of at least 4 members (excludes halogenated alkanes) is 2. The van der Waals surface area contributed by atoms with Gasteiger partial charge in [0.1, 0.15) is 0 Å². The number of ether oxygens (including phenoxy) is 2. The van der Waals surface area contributed by atoms with Crippen molar-refractivity contribution in [1.82, 2.24) is 0 Å². The predicted octanol–water partition coefficient (Wildman–Crippen LogP) is 4.35. The van der Waals surface area contributed by atoms with Gasteiger partial charge in [-0.3, -0.25) is 0 Å². The van der Waals surface area contributed by atoms with Crippen molar-refractivity contribution in [3.05, 3.63) is 35.4 Å². The molecule has 0 aliphatic heterocycles. The first-order valence-electron chi connectivity index (χ1n) is 7.26. The van der Waals surface area contributed by atoms with E-state index >= 15 is 0 Å². The monoisotopic (exact) mass is 434 g/mol. The van der Waals surface area contributed by atoms with Crippen LogP contribution in [0.25, 0.3) is 0 Å². The number of hydrogen-bond acceptors (Lipinski definition) is 4.